The maximum absolute atomic E-state index is 12.6. The van der Waals surface area contributed by atoms with Crippen LogP contribution in [-0.4, -0.2) is 94.7 Å². The Labute approximate surface area is 292 Å². The van der Waals surface area contributed by atoms with Crippen LogP contribution in [0.4, 0.5) is 11.5 Å². The second kappa shape index (κ2) is 14.6. The van der Waals surface area contributed by atoms with Crippen LogP contribution in [0, 0.1) is 16.7 Å². The Morgan fingerprint density at radius 1 is 1.12 bits per heavy atom. The normalized spacial score (nSPS) is 19.8. The number of piperazine rings is 1. The molecular weight excluding hydrogens is 642 g/mol. The van der Waals surface area contributed by atoms with Crippen molar-refractivity contribution in [1.82, 2.24) is 19.8 Å². The molecule has 1 N–H and O–H groups in total. The van der Waals surface area contributed by atoms with Crippen LogP contribution in [0.1, 0.15) is 50.8 Å². The zero-order valence-electron chi connectivity index (χ0n) is 28.3. The molecule has 0 unspecified atom stereocenters. The number of aliphatic carboxylic acids is 1. The molecule has 0 spiro atoms. The van der Waals surface area contributed by atoms with E-state index in [0.717, 1.165) is 59.5 Å². The molecule has 2 aromatic carbocycles. The Bertz CT molecular complexity index is 1770. The summed E-state index contributed by atoms with van der Waals surface area (Å²) in [4.78, 5) is 42.8. The Hall–Kier alpha value is -4.40. The quantitative estimate of drug-likeness (QED) is 0.266. The van der Waals surface area contributed by atoms with Gasteiger partial charge in [0.1, 0.15) is 12.4 Å². The van der Waals surface area contributed by atoms with Gasteiger partial charge in [-0.15, -0.1) is 0 Å². The van der Waals surface area contributed by atoms with Gasteiger partial charge in [0, 0.05) is 48.9 Å². The highest BCUT2D eigenvalue weighted by Crippen LogP contribution is 2.37. The first-order chi connectivity index (χ1) is 23.6. The first-order valence-electron chi connectivity index (χ1n) is 17.1. The van der Waals surface area contributed by atoms with E-state index in [1.807, 2.05) is 18.2 Å². The van der Waals surface area contributed by atoms with Gasteiger partial charge in [-0.3, -0.25) is 14.5 Å². The maximum atomic E-state index is 12.6. The van der Waals surface area contributed by atoms with Crippen LogP contribution in [0.25, 0.3) is 10.8 Å². The standard InChI is InChI=1S/C37H44ClN7O4/c1-4-32(46)45-21-20-44(22-26(45)13-16-39)34-28-14-18-43(31-12-6-9-25-8-5-11-29(38)33(25)31)23-30(28)40-36(41-34)49-24-27-10-7-17-42(27)19-15-37(2,3)35(47)48/h4-6,8-9,11-12,26-27H,1,7,10,13-15,17-24H2,2-3H3,(H,47,48)/t26-,27-/m0/s1. The Morgan fingerprint density at radius 3 is 2.67 bits per heavy atom. The third-order valence-corrected chi connectivity index (χ3v) is 10.6. The largest absolute Gasteiger partial charge is 0.481 e. The molecule has 2 saturated heterocycles. The molecule has 0 saturated carbocycles. The molecule has 1 aromatic heterocycles. The predicted octanol–water partition coefficient (Wildman–Crippen LogP) is 5.31. The third-order valence-electron chi connectivity index (χ3n) is 10.3. The zero-order valence-corrected chi connectivity index (χ0v) is 29.0. The molecule has 2 fully saturated rings. The second-order valence-electron chi connectivity index (χ2n) is 13.8. The number of rotatable bonds is 11. The van der Waals surface area contributed by atoms with Crippen molar-refractivity contribution in [3.05, 3.63) is 65.3 Å². The lowest BCUT2D eigenvalue weighted by atomic mass is 9.89. The number of likely N-dealkylation sites (tertiary alicyclic amines) is 1. The molecule has 6 rings (SSSR count). The molecule has 4 heterocycles. The van der Waals surface area contributed by atoms with E-state index < -0.39 is 11.4 Å². The van der Waals surface area contributed by atoms with Crippen molar-refractivity contribution in [2.24, 2.45) is 5.41 Å². The number of hydrogen-bond acceptors (Lipinski definition) is 9. The summed E-state index contributed by atoms with van der Waals surface area (Å²) in [6, 6.07) is 14.6. The van der Waals surface area contributed by atoms with Crippen molar-refractivity contribution in [3.8, 4) is 12.1 Å². The van der Waals surface area contributed by atoms with Gasteiger partial charge in [-0.25, -0.2) is 0 Å². The van der Waals surface area contributed by atoms with Crippen molar-refractivity contribution in [1.29, 1.82) is 5.26 Å². The average molecular weight is 686 g/mol. The summed E-state index contributed by atoms with van der Waals surface area (Å²) in [5.41, 5.74) is 2.18. The first kappa shape index (κ1) is 34.5. The van der Waals surface area contributed by atoms with E-state index in [2.05, 4.69) is 45.5 Å². The Balaban J connectivity index is 1.29. The molecule has 2 atom stereocenters. The number of carboxylic acids is 1. The lowest BCUT2D eigenvalue weighted by Gasteiger charge is -2.42. The number of carbonyl (C=O) groups is 2. The third kappa shape index (κ3) is 7.31. The van der Waals surface area contributed by atoms with E-state index in [9.17, 15) is 20.0 Å². The SMILES string of the molecule is C=CC(=O)N1CCN(c2nc(OC[C@@H]3CCCN3CCC(C)(C)C(=O)O)nc3c2CCN(c2cccc4cccc(Cl)c24)C3)C[C@@H]1CC#N. The van der Waals surface area contributed by atoms with Gasteiger partial charge in [0.15, 0.2) is 0 Å². The minimum absolute atomic E-state index is 0.135. The number of fused-ring (bicyclic) bond motifs is 2. The molecule has 49 heavy (non-hydrogen) atoms. The molecule has 258 valence electrons. The van der Waals surface area contributed by atoms with Crippen LogP contribution < -0.4 is 14.5 Å². The monoisotopic (exact) mass is 685 g/mol. The average Bonchev–Trinajstić information content (AvgIpc) is 3.56. The minimum Gasteiger partial charge on any atom is -0.481 e. The van der Waals surface area contributed by atoms with Crippen LogP contribution in [0.5, 0.6) is 6.01 Å². The fourth-order valence-corrected chi connectivity index (χ4v) is 7.55. The summed E-state index contributed by atoms with van der Waals surface area (Å²) in [6.45, 7) is 11.9. The summed E-state index contributed by atoms with van der Waals surface area (Å²) < 4.78 is 6.40. The number of aromatic nitrogens is 2. The minimum atomic E-state index is -0.797. The lowest BCUT2D eigenvalue weighted by molar-refractivity contribution is -0.147. The van der Waals surface area contributed by atoms with Crippen LogP contribution in [-0.2, 0) is 22.6 Å². The van der Waals surface area contributed by atoms with Crippen LogP contribution >= 0.6 is 11.6 Å². The van der Waals surface area contributed by atoms with Crippen molar-refractivity contribution < 1.29 is 19.4 Å². The van der Waals surface area contributed by atoms with E-state index in [-0.39, 0.29) is 24.4 Å². The van der Waals surface area contributed by atoms with E-state index in [4.69, 9.17) is 26.3 Å². The molecule has 3 aromatic rings. The van der Waals surface area contributed by atoms with Crippen LogP contribution in [0.3, 0.4) is 0 Å². The van der Waals surface area contributed by atoms with Crippen molar-refractivity contribution >= 4 is 45.8 Å². The summed E-state index contributed by atoms with van der Waals surface area (Å²) in [7, 11) is 0. The molecule has 12 heteroatoms. The van der Waals surface area contributed by atoms with Gasteiger partial charge < -0.3 is 24.5 Å². The van der Waals surface area contributed by atoms with E-state index >= 15 is 0 Å². The fourth-order valence-electron chi connectivity index (χ4n) is 7.27. The first-order valence-corrected chi connectivity index (χ1v) is 17.4. The lowest BCUT2D eigenvalue weighted by Crippen LogP contribution is -2.55. The van der Waals surface area contributed by atoms with Gasteiger partial charge >= 0.3 is 12.0 Å². The van der Waals surface area contributed by atoms with Gasteiger partial charge in [-0.2, -0.15) is 15.2 Å². The van der Waals surface area contributed by atoms with Gasteiger partial charge in [0.25, 0.3) is 0 Å². The number of halogens is 1. The highest BCUT2D eigenvalue weighted by molar-refractivity contribution is 6.36. The molecule has 3 aliphatic rings. The summed E-state index contributed by atoms with van der Waals surface area (Å²) in [6.07, 6.45) is 4.75. The Kier molecular flexibility index (Phi) is 10.3. The van der Waals surface area contributed by atoms with E-state index in [1.165, 1.54) is 6.08 Å². The number of hydrogen-bond donors (Lipinski definition) is 1. The summed E-state index contributed by atoms with van der Waals surface area (Å²) >= 11 is 6.73. The summed E-state index contributed by atoms with van der Waals surface area (Å²) in [5, 5.41) is 22.0. The van der Waals surface area contributed by atoms with E-state index in [0.29, 0.717) is 63.2 Å². The maximum Gasteiger partial charge on any atom is 0.318 e. The number of nitriles is 1. The number of anilines is 2. The molecule has 1 amide bonds. The Morgan fingerprint density at radius 2 is 1.92 bits per heavy atom. The molecule has 0 bridgehead atoms. The summed E-state index contributed by atoms with van der Waals surface area (Å²) in [5.74, 6) is -0.178. The fraction of sp³-hybridized carbons (Fsp3) is 0.486. The van der Waals surface area contributed by atoms with Gasteiger partial charge in [0.2, 0.25) is 5.91 Å². The molecule has 11 nitrogen and oxygen atoms in total. The van der Waals surface area contributed by atoms with Crippen molar-refractivity contribution in [2.45, 2.75) is 64.6 Å². The number of carbonyl (C=O) groups excluding carboxylic acids is 1. The van der Waals surface area contributed by atoms with Gasteiger partial charge in [-0.05, 0) is 76.2 Å². The highest BCUT2D eigenvalue weighted by atomic mass is 35.5. The molecule has 0 radical (unpaired) electrons. The number of benzene rings is 2. The molecular formula is C37H44ClN7O4. The van der Waals surface area contributed by atoms with Crippen molar-refractivity contribution in [3.63, 3.8) is 0 Å². The predicted molar refractivity (Wildman–Crippen MR) is 190 cm³/mol. The van der Waals surface area contributed by atoms with E-state index in [1.54, 1.807) is 18.7 Å². The van der Waals surface area contributed by atoms with Crippen molar-refractivity contribution in [2.75, 3.05) is 55.7 Å². The van der Waals surface area contributed by atoms with Crippen LogP contribution in [0.15, 0.2) is 49.1 Å². The molecule has 0 aliphatic carbocycles. The number of carboxylic acid groups (broad SMARTS) is 1. The van der Waals surface area contributed by atoms with Gasteiger partial charge in [0.05, 0.1) is 41.2 Å². The second-order valence-corrected chi connectivity index (χ2v) is 14.2. The topological polar surface area (TPSA) is 126 Å². The van der Waals surface area contributed by atoms with Crippen LogP contribution in [0.2, 0.25) is 5.02 Å². The number of amides is 1. The smallest absolute Gasteiger partial charge is 0.318 e. The highest BCUT2D eigenvalue weighted by Gasteiger charge is 2.35. The van der Waals surface area contributed by atoms with Gasteiger partial charge in [-0.1, -0.05) is 42.4 Å². The number of ether oxygens (including phenoxy) is 1. The zero-order chi connectivity index (χ0) is 34.7. The number of nitrogens with zero attached hydrogens (tertiary/aromatic N) is 7. The molecule has 3 aliphatic heterocycles.